The van der Waals surface area contributed by atoms with Crippen LogP contribution in [-0.4, -0.2) is 29.6 Å². The SMILES string of the molecule is CCNC(CCSC)Cc1ccncc1. The molecule has 0 aromatic carbocycles. The summed E-state index contributed by atoms with van der Waals surface area (Å²) in [5.41, 5.74) is 1.37. The van der Waals surface area contributed by atoms with Crippen molar-refractivity contribution >= 4 is 11.8 Å². The molecule has 1 aromatic heterocycles. The number of aromatic nitrogens is 1. The van der Waals surface area contributed by atoms with Gasteiger partial charge in [0.05, 0.1) is 0 Å². The number of hydrogen-bond donors (Lipinski definition) is 1. The number of pyridine rings is 1. The second kappa shape index (κ2) is 7.71. The number of hydrogen-bond acceptors (Lipinski definition) is 3. The summed E-state index contributed by atoms with van der Waals surface area (Å²) in [5.74, 6) is 1.22. The highest BCUT2D eigenvalue weighted by Crippen LogP contribution is 2.07. The number of likely N-dealkylation sites (N-methyl/N-ethyl adjacent to an activating group) is 1. The fourth-order valence-corrected chi connectivity index (χ4v) is 2.15. The van der Waals surface area contributed by atoms with Crippen molar-refractivity contribution < 1.29 is 0 Å². The summed E-state index contributed by atoms with van der Waals surface area (Å²) in [6.45, 7) is 3.21. The molecule has 1 atom stereocenters. The zero-order valence-electron chi connectivity index (χ0n) is 9.57. The van der Waals surface area contributed by atoms with Crippen LogP contribution >= 0.6 is 11.8 Å². The van der Waals surface area contributed by atoms with Crippen LogP contribution in [0.2, 0.25) is 0 Å². The second-order valence-electron chi connectivity index (χ2n) is 3.60. The highest BCUT2D eigenvalue weighted by atomic mass is 32.2. The molecule has 0 bridgehead atoms. The van der Waals surface area contributed by atoms with Gasteiger partial charge in [0.25, 0.3) is 0 Å². The van der Waals surface area contributed by atoms with E-state index in [0.717, 1.165) is 13.0 Å². The first-order valence-electron chi connectivity index (χ1n) is 5.48. The monoisotopic (exact) mass is 224 g/mol. The lowest BCUT2D eigenvalue weighted by molar-refractivity contribution is 0.513. The lowest BCUT2D eigenvalue weighted by Gasteiger charge is -2.17. The summed E-state index contributed by atoms with van der Waals surface area (Å²) >= 11 is 1.91. The van der Waals surface area contributed by atoms with Crippen LogP contribution in [0, 0.1) is 0 Å². The van der Waals surface area contributed by atoms with E-state index in [1.54, 1.807) is 0 Å². The zero-order chi connectivity index (χ0) is 10.9. The van der Waals surface area contributed by atoms with E-state index in [-0.39, 0.29) is 0 Å². The first-order valence-corrected chi connectivity index (χ1v) is 6.87. The molecule has 0 saturated carbocycles. The van der Waals surface area contributed by atoms with Crippen LogP contribution in [0.3, 0.4) is 0 Å². The van der Waals surface area contributed by atoms with Crippen LogP contribution in [-0.2, 0) is 6.42 Å². The predicted molar refractivity (Wildman–Crippen MR) is 68.4 cm³/mol. The molecule has 3 heteroatoms. The number of thioether (sulfide) groups is 1. The van der Waals surface area contributed by atoms with E-state index < -0.39 is 0 Å². The maximum absolute atomic E-state index is 4.04. The minimum atomic E-state index is 0.602. The molecule has 1 heterocycles. The van der Waals surface area contributed by atoms with Crippen LogP contribution in [0.4, 0.5) is 0 Å². The van der Waals surface area contributed by atoms with Gasteiger partial charge in [-0.05, 0) is 49.1 Å². The Morgan fingerprint density at radius 3 is 2.73 bits per heavy atom. The van der Waals surface area contributed by atoms with Crippen molar-refractivity contribution in [1.29, 1.82) is 0 Å². The Morgan fingerprint density at radius 1 is 1.40 bits per heavy atom. The van der Waals surface area contributed by atoms with Crippen molar-refractivity contribution in [1.82, 2.24) is 10.3 Å². The Kier molecular flexibility index (Phi) is 6.44. The van der Waals surface area contributed by atoms with Crippen molar-refractivity contribution in [3.63, 3.8) is 0 Å². The van der Waals surface area contributed by atoms with Crippen molar-refractivity contribution in [2.75, 3.05) is 18.6 Å². The quantitative estimate of drug-likeness (QED) is 0.769. The molecule has 1 N–H and O–H groups in total. The maximum atomic E-state index is 4.04. The van der Waals surface area contributed by atoms with Gasteiger partial charge in [0.15, 0.2) is 0 Å². The summed E-state index contributed by atoms with van der Waals surface area (Å²) in [5, 5.41) is 3.53. The summed E-state index contributed by atoms with van der Waals surface area (Å²) in [6, 6.07) is 4.80. The van der Waals surface area contributed by atoms with E-state index in [9.17, 15) is 0 Å². The van der Waals surface area contributed by atoms with Gasteiger partial charge in [-0.1, -0.05) is 6.92 Å². The van der Waals surface area contributed by atoms with Crippen molar-refractivity contribution in [2.24, 2.45) is 0 Å². The first kappa shape index (κ1) is 12.5. The molecule has 0 aliphatic carbocycles. The summed E-state index contributed by atoms with van der Waals surface area (Å²) < 4.78 is 0. The molecular formula is C12H20N2S. The highest BCUT2D eigenvalue weighted by Gasteiger charge is 2.07. The van der Waals surface area contributed by atoms with E-state index in [1.807, 2.05) is 24.2 Å². The largest absolute Gasteiger partial charge is 0.314 e. The van der Waals surface area contributed by atoms with Gasteiger partial charge in [0.1, 0.15) is 0 Å². The highest BCUT2D eigenvalue weighted by molar-refractivity contribution is 7.98. The minimum absolute atomic E-state index is 0.602. The van der Waals surface area contributed by atoms with Crippen molar-refractivity contribution in [3.8, 4) is 0 Å². The molecule has 1 rings (SSSR count). The molecule has 84 valence electrons. The molecule has 1 unspecified atom stereocenters. The van der Waals surface area contributed by atoms with Crippen molar-refractivity contribution in [3.05, 3.63) is 30.1 Å². The van der Waals surface area contributed by atoms with Gasteiger partial charge in [0, 0.05) is 18.4 Å². The molecule has 0 saturated heterocycles. The Bertz CT molecular complexity index is 251. The number of rotatable bonds is 7. The molecule has 15 heavy (non-hydrogen) atoms. The fourth-order valence-electron chi connectivity index (χ4n) is 1.63. The third kappa shape index (κ3) is 5.19. The van der Waals surface area contributed by atoms with Gasteiger partial charge in [-0.3, -0.25) is 4.98 Å². The Labute approximate surface area is 96.9 Å². The lowest BCUT2D eigenvalue weighted by Crippen LogP contribution is -2.31. The maximum Gasteiger partial charge on any atom is 0.0270 e. The number of nitrogens with one attached hydrogen (secondary N) is 1. The first-order chi connectivity index (χ1) is 7.36. The normalized spacial score (nSPS) is 12.7. The zero-order valence-corrected chi connectivity index (χ0v) is 10.4. The molecule has 0 amide bonds. The summed E-state index contributed by atoms with van der Waals surface area (Å²) in [4.78, 5) is 4.04. The predicted octanol–water partition coefficient (Wildman–Crippen LogP) is 2.36. The van der Waals surface area contributed by atoms with E-state index in [2.05, 4.69) is 35.6 Å². The van der Waals surface area contributed by atoms with Gasteiger partial charge in [0.2, 0.25) is 0 Å². The molecule has 0 radical (unpaired) electrons. The molecule has 0 aliphatic rings. The van der Waals surface area contributed by atoms with Gasteiger partial charge < -0.3 is 5.32 Å². The standard InChI is InChI=1S/C12H20N2S/c1-3-14-12(6-9-15-2)10-11-4-7-13-8-5-11/h4-5,7-8,12,14H,3,6,9-10H2,1-2H3. The van der Waals surface area contributed by atoms with Crippen LogP contribution < -0.4 is 5.32 Å². The van der Waals surface area contributed by atoms with Crippen LogP contribution in [0.15, 0.2) is 24.5 Å². The van der Waals surface area contributed by atoms with Crippen LogP contribution in [0.5, 0.6) is 0 Å². The van der Waals surface area contributed by atoms with Crippen molar-refractivity contribution in [2.45, 2.75) is 25.8 Å². The Hall–Kier alpha value is -0.540. The van der Waals surface area contributed by atoms with Gasteiger partial charge in [-0.15, -0.1) is 0 Å². The van der Waals surface area contributed by atoms with Gasteiger partial charge >= 0.3 is 0 Å². The molecule has 0 spiro atoms. The van der Waals surface area contributed by atoms with E-state index in [0.29, 0.717) is 6.04 Å². The molecular weight excluding hydrogens is 204 g/mol. The topological polar surface area (TPSA) is 24.9 Å². The van der Waals surface area contributed by atoms with Gasteiger partial charge in [-0.25, -0.2) is 0 Å². The number of nitrogens with zero attached hydrogens (tertiary/aromatic N) is 1. The van der Waals surface area contributed by atoms with E-state index >= 15 is 0 Å². The lowest BCUT2D eigenvalue weighted by atomic mass is 10.1. The molecule has 0 aliphatic heterocycles. The Morgan fingerprint density at radius 2 is 2.13 bits per heavy atom. The van der Waals surface area contributed by atoms with E-state index in [1.165, 1.54) is 17.7 Å². The second-order valence-corrected chi connectivity index (χ2v) is 4.58. The third-order valence-electron chi connectivity index (χ3n) is 2.39. The smallest absolute Gasteiger partial charge is 0.0270 e. The molecule has 0 fully saturated rings. The van der Waals surface area contributed by atoms with Crippen LogP contribution in [0.25, 0.3) is 0 Å². The average Bonchev–Trinajstić information content (AvgIpc) is 2.28. The Balaban J connectivity index is 2.43. The van der Waals surface area contributed by atoms with Crippen LogP contribution in [0.1, 0.15) is 18.9 Å². The van der Waals surface area contributed by atoms with Gasteiger partial charge in [-0.2, -0.15) is 11.8 Å². The summed E-state index contributed by atoms with van der Waals surface area (Å²) in [6.07, 6.45) is 8.24. The molecule has 2 nitrogen and oxygen atoms in total. The average molecular weight is 224 g/mol. The minimum Gasteiger partial charge on any atom is -0.314 e. The third-order valence-corrected chi connectivity index (χ3v) is 3.04. The van der Waals surface area contributed by atoms with E-state index in [4.69, 9.17) is 0 Å². The fraction of sp³-hybridized carbons (Fsp3) is 0.583. The molecule has 1 aromatic rings. The summed E-state index contributed by atoms with van der Waals surface area (Å²) in [7, 11) is 0.